The maximum atomic E-state index is 6.16. The number of furan rings is 1. The average molecular weight is 347 g/mol. The van der Waals surface area contributed by atoms with Gasteiger partial charge in [0.05, 0.1) is 16.4 Å². The third kappa shape index (κ3) is 1.95. The maximum Gasteiger partial charge on any atom is 0.137 e. The van der Waals surface area contributed by atoms with Crippen LogP contribution in [0.3, 0.4) is 0 Å². The minimum atomic E-state index is 0.931. The van der Waals surface area contributed by atoms with Crippen molar-refractivity contribution >= 4 is 43.7 Å². The molecule has 0 fully saturated rings. The fourth-order valence-corrected chi connectivity index (χ4v) is 4.27. The molecule has 0 saturated carbocycles. The fraction of sp³-hybridized carbons (Fsp3) is 0.0400. The first-order valence-corrected chi connectivity index (χ1v) is 9.22. The lowest BCUT2D eigenvalue weighted by Gasteiger charge is -2.08. The second kappa shape index (κ2) is 5.24. The van der Waals surface area contributed by atoms with E-state index in [-0.39, 0.29) is 0 Å². The zero-order chi connectivity index (χ0) is 18.0. The van der Waals surface area contributed by atoms with Gasteiger partial charge in [0.15, 0.2) is 0 Å². The van der Waals surface area contributed by atoms with E-state index in [1.807, 2.05) is 12.1 Å². The smallest absolute Gasteiger partial charge is 0.137 e. The van der Waals surface area contributed by atoms with Crippen LogP contribution in [0.1, 0.15) is 5.56 Å². The van der Waals surface area contributed by atoms with Crippen LogP contribution in [0.25, 0.3) is 49.4 Å². The van der Waals surface area contributed by atoms with Crippen LogP contribution in [0.5, 0.6) is 0 Å². The molecule has 0 aliphatic heterocycles. The predicted octanol–water partition coefficient (Wildman–Crippen LogP) is 6.99. The Hall–Kier alpha value is -3.52. The van der Waals surface area contributed by atoms with E-state index >= 15 is 0 Å². The summed E-state index contributed by atoms with van der Waals surface area (Å²) in [5.74, 6) is 0. The Kier molecular flexibility index (Phi) is 2.84. The third-order valence-corrected chi connectivity index (χ3v) is 5.44. The Morgan fingerprint density at radius 1 is 0.667 bits per heavy atom. The molecule has 0 spiro atoms. The molecule has 2 aromatic heterocycles. The predicted molar refractivity (Wildman–Crippen MR) is 113 cm³/mol. The van der Waals surface area contributed by atoms with Crippen LogP contribution in [0, 0.1) is 6.92 Å². The number of nitrogens with zero attached hydrogens (tertiary/aromatic N) is 1. The van der Waals surface area contributed by atoms with Crippen molar-refractivity contribution in [3.05, 3.63) is 90.5 Å². The third-order valence-electron chi connectivity index (χ3n) is 5.44. The van der Waals surface area contributed by atoms with Gasteiger partial charge in [0, 0.05) is 21.8 Å². The molecular formula is C25H17NO. The normalized spacial score (nSPS) is 11.9. The summed E-state index contributed by atoms with van der Waals surface area (Å²) in [4.78, 5) is 0. The van der Waals surface area contributed by atoms with Crippen molar-refractivity contribution in [2.45, 2.75) is 6.92 Å². The van der Waals surface area contributed by atoms with Crippen LogP contribution in [0.4, 0.5) is 0 Å². The highest BCUT2D eigenvalue weighted by atomic mass is 16.3. The van der Waals surface area contributed by atoms with Crippen molar-refractivity contribution in [2.24, 2.45) is 0 Å². The lowest BCUT2D eigenvalue weighted by Crippen LogP contribution is -1.93. The molecule has 0 atom stereocenters. The number of para-hydroxylation sites is 2. The molecule has 128 valence electrons. The van der Waals surface area contributed by atoms with E-state index in [9.17, 15) is 0 Å². The van der Waals surface area contributed by atoms with Crippen molar-refractivity contribution in [1.29, 1.82) is 0 Å². The van der Waals surface area contributed by atoms with Crippen LogP contribution < -0.4 is 0 Å². The summed E-state index contributed by atoms with van der Waals surface area (Å²) in [5, 5.41) is 4.87. The van der Waals surface area contributed by atoms with Crippen LogP contribution in [-0.4, -0.2) is 4.57 Å². The van der Waals surface area contributed by atoms with Gasteiger partial charge in [-0.3, -0.25) is 0 Å². The molecule has 4 aromatic carbocycles. The number of fused-ring (bicyclic) bond motifs is 7. The highest BCUT2D eigenvalue weighted by Crippen LogP contribution is 2.40. The molecule has 2 nitrogen and oxygen atoms in total. The molecule has 6 aromatic rings. The van der Waals surface area contributed by atoms with E-state index in [2.05, 4.69) is 84.3 Å². The Labute approximate surface area is 156 Å². The average Bonchev–Trinajstić information content (AvgIpc) is 3.23. The van der Waals surface area contributed by atoms with Gasteiger partial charge in [-0.2, -0.15) is 0 Å². The summed E-state index contributed by atoms with van der Waals surface area (Å²) in [7, 11) is 0. The van der Waals surface area contributed by atoms with E-state index in [4.69, 9.17) is 4.42 Å². The van der Waals surface area contributed by atoms with Gasteiger partial charge in [0.2, 0.25) is 0 Å². The van der Waals surface area contributed by atoms with Gasteiger partial charge in [0.25, 0.3) is 0 Å². The summed E-state index contributed by atoms with van der Waals surface area (Å²) in [5.41, 5.74) is 6.73. The molecule has 0 N–H and O–H groups in total. The molecule has 0 amide bonds. The molecule has 0 saturated heterocycles. The van der Waals surface area contributed by atoms with Crippen LogP contribution in [-0.2, 0) is 0 Å². The first-order valence-electron chi connectivity index (χ1n) is 9.22. The lowest BCUT2D eigenvalue weighted by molar-refractivity contribution is 0.669. The minimum absolute atomic E-state index is 0.931. The molecule has 0 bridgehead atoms. The highest BCUT2D eigenvalue weighted by Gasteiger charge is 2.18. The summed E-state index contributed by atoms with van der Waals surface area (Å²) >= 11 is 0. The SMILES string of the molecule is Cc1ccc2c3ccc4oc5ccccc5c4c3n(-c3ccccc3)c2c1. The highest BCUT2D eigenvalue weighted by molar-refractivity contribution is 6.24. The first-order chi connectivity index (χ1) is 13.3. The Balaban J connectivity index is 1.95. The molecule has 0 aliphatic carbocycles. The van der Waals surface area contributed by atoms with Crippen molar-refractivity contribution in [1.82, 2.24) is 4.57 Å². The van der Waals surface area contributed by atoms with Crippen molar-refractivity contribution in [3.8, 4) is 5.69 Å². The minimum Gasteiger partial charge on any atom is -0.456 e. The molecule has 0 radical (unpaired) electrons. The number of aryl methyl sites for hydroxylation is 1. The second-order valence-electron chi connectivity index (χ2n) is 7.12. The first kappa shape index (κ1) is 14.6. The Bertz CT molecular complexity index is 1470. The summed E-state index contributed by atoms with van der Waals surface area (Å²) in [6.45, 7) is 2.15. The topological polar surface area (TPSA) is 18.1 Å². The Morgan fingerprint density at radius 3 is 2.33 bits per heavy atom. The number of benzene rings is 4. The van der Waals surface area contributed by atoms with Gasteiger partial charge >= 0.3 is 0 Å². The van der Waals surface area contributed by atoms with Gasteiger partial charge in [-0.1, -0.05) is 48.5 Å². The maximum absolute atomic E-state index is 6.16. The summed E-state index contributed by atoms with van der Waals surface area (Å²) < 4.78 is 8.53. The second-order valence-corrected chi connectivity index (χ2v) is 7.12. The van der Waals surface area contributed by atoms with E-state index in [1.54, 1.807) is 0 Å². The van der Waals surface area contributed by atoms with Gasteiger partial charge in [0.1, 0.15) is 11.2 Å². The summed E-state index contributed by atoms with van der Waals surface area (Å²) in [6.07, 6.45) is 0. The number of aromatic nitrogens is 1. The summed E-state index contributed by atoms with van der Waals surface area (Å²) in [6, 6.07) is 29.9. The van der Waals surface area contributed by atoms with E-state index < -0.39 is 0 Å². The van der Waals surface area contributed by atoms with Gasteiger partial charge in [-0.15, -0.1) is 0 Å². The van der Waals surface area contributed by atoms with Gasteiger partial charge in [-0.05, 0) is 48.9 Å². The van der Waals surface area contributed by atoms with Crippen LogP contribution in [0.15, 0.2) is 89.3 Å². The standard InChI is InChI=1S/C25H17NO/c1-16-11-12-18-19-13-14-23-24(20-9-5-6-10-22(20)27-23)25(19)26(21(18)15-16)17-7-3-2-4-8-17/h2-15H,1H3. The monoisotopic (exact) mass is 347 g/mol. The molecule has 2 heteroatoms. The number of hydrogen-bond acceptors (Lipinski definition) is 1. The molecule has 27 heavy (non-hydrogen) atoms. The molecular weight excluding hydrogens is 330 g/mol. The van der Waals surface area contributed by atoms with Crippen LogP contribution in [0.2, 0.25) is 0 Å². The van der Waals surface area contributed by atoms with Crippen molar-refractivity contribution < 1.29 is 4.42 Å². The van der Waals surface area contributed by atoms with Crippen molar-refractivity contribution in [3.63, 3.8) is 0 Å². The van der Waals surface area contributed by atoms with E-state index in [1.165, 1.54) is 38.4 Å². The van der Waals surface area contributed by atoms with E-state index in [0.717, 1.165) is 16.6 Å². The number of rotatable bonds is 1. The molecule has 0 unspecified atom stereocenters. The van der Waals surface area contributed by atoms with Crippen LogP contribution >= 0.6 is 0 Å². The van der Waals surface area contributed by atoms with Gasteiger partial charge < -0.3 is 8.98 Å². The quantitative estimate of drug-likeness (QED) is 0.313. The van der Waals surface area contributed by atoms with Gasteiger partial charge in [-0.25, -0.2) is 0 Å². The molecule has 2 heterocycles. The molecule has 0 aliphatic rings. The lowest BCUT2D eigenvalue weighted by atomic mass is 10.1. The number of hydrogen-bond donors (Lipinski definition) is 0. The van der Waals surface area contributed by atoms with Crippen molar-refractivity contribution in [2.75, 3.05) is 0 Å². The zero-order valence-electron chi connectivity index (χ0n) is 14.9. The Morgan fingerprint density at radius 2 is 1.44 bits per heavy atom. The largest absolute Gasteiger partial charge is 0.456 e. The zero-order valence-corrected chi connectivity index (χ0v) is 14.9. The molecule has 6 rings (SSSR count). The van der Waals surface area contributed by atoms with E-state index in [0.29, 0.717) is 0 Å². The fourth-order valence-electron chi connectivity index (χ4n) is 4.27.